The molecule has 1 atom stereocenters. The van der Waals surface area contributed by atoms with E-state index in [1.165, 1.54) is 0 Å². The van der Waals surface area contributed by atoms with Gasteiger partial charge in [-0.25, -0.2) is 0 Å². The lowest BCUT2D eigenvalue weighted by molar-refractivity contribution is 0.114. The van der Waals surface area contributed by atoms with Gasteiger partial charge >= 0.3 is 0 Å². The molecule has 3 rings (SSSR count). The van der Waals surface area contributed by atoms with E-state index >= 15 is 0 Å². The summed E-state index contributed by atoms with van der Waals surface area (Å²) in [5, 5.41) is 8.15. The number of ether oxygens (including phenoxy) is 3. The molecule has 6 nitrogen and oxygen atoms in total. The zero-order valence-corrected chi connectivity index (χ0v) is 14.1. The van der Waals surface area contributed by atoms with Gasteiger partial charge < -0.3 is 19.5 Å². The molecule has 0 saturated carbocycles. The van der Waals surface area contributed by atoms with E-state index < -0.39 is 0 Å². The highest BCUT2D eigenvalue weighted by Gasteiger charge is 2.16. The second-order valence-electron chi connectivity index (χ2n) is 5.24. The van der Waals surface area contributed by atoms with Gasteiger partial charge in [0.1, 0.15) is 13.2 Å². The monoisotopic (exact) mass is 355 g/mol. The predicted molar refractivity (Wildman–Crippen MR) is 92.7 cm³/mol. The lowest BCUT2D eigenvalue weighted by Crippen LogP contribution is -2.37. The van der Waals surface area contributed by atoms with Crippen molar-refractivity contribution < 1.29 is 14.2 Å². The normalized spacial score (nSPS) is 19.8. The summed E-state index contributed by atoms with van der Waals surface area (Å²) in [7, 11) is 0. The Hall–Kier alpha value is -1.57. The molecule has 1 fully saturated rings. The number of hydrogen-bond acceptors (Lipinski definition) is 5. The molecular formula is C15H18ClN3O3S. The third-order valence-electron chi connectivity index (χ3n) is 3.51. The van der Waals surface area contributed by atoms with Crippen LogP contribution in [0.4, 0.5) is 0 Å². The number of nitrogens with one attached hydrogen (secondary N) is 2. The summed E-state index contributed by atoms with van der Waals surface area (Å²) in [6.45, 7) is 2.54. The molecule has 1 aromatic rings. The summed E-state index contributed by atoms with van der Waals surface area (Å²) in [5.74, 6) is 1.21. The van der Waals surface area contributed by atoms with Gasteiger partial charge in [-0.1, -0.05) is 11.6 Å². The molecule has 2 aliphatic rings. The molecule has 8 heteroatoms. The van der Waals surface area contributed by atoms with E-state index in [-0.39, 0.29) is 6.10 Å². The van der Waals surface area contributed by atoms with Crippen LogP contribution in [-0.2, 0) is 4.74 Å². The maximum Gasteiger partial charge on any atom is 0.187 e. The summed E-state index contributed by atoms with van der Waals surface area (Å²) >= 11 is 11.3. The van der Waals surface area contributed by atoms with E-state index in [2.05, 4.69) is 15.8 Å². The standard InChI is InChI=1S/C15H18ClN3O3S/c16-12-6-10(7-13-14(12)22-5-4-21-13)8-18-19-15(23)17-9-11-2-1-3-20-11/h6-8,11H,1-5,9H2,(H2,17,19,23)/b18-8-/t11-/m0/s1. The minimum absolute atomic E-state index is 0.232. The maximum atomic E-state index is 6.17. The van der Waals surface area contributed by atoms with E-state index in [4.69, 9.17) is 38.0 Å². The van der Waals surface area contributed by atoms with Crippen LogP contribution in [0, 0.1) is 0 Å². The Morgan fingerprint density at radius 2 is 2.22 bits per heavy atom. The summed E-state index contributed by atoms with van der Waals surface area (Å²) in [4.78, 5) is 0. The number of thiocarbonyl (C=S) groups is 1. The highest BCUT2D eigenvalue weighted by atomic mass is 35.5. The average molecular weight is 356 g/mol. The molecule has 1 aromatic carbocycles. The summed E-state index contributed by atoms with van der Waals surface area (Å²) in [6.07, 6.45) is 4.03. The molecular weight excluding hydrogens is 338 g/mol. The van der Waals surface area contributed by atoms with Gasteiger partial charge in [0, 0.05) is 13.2 Å². The number of nitrogens with zero attached hydrogens (tertiary/aromatic N) is 1. The van der Waals surface area contributed by atoms with Gasteiger partial charge in [-0.05, 0) is 42.8 Å². The lowest BCUT2D eigenvalue weighted by Gasteiger charge is -2.19. The Balaban J connectivity index is 1.51. The Morgan fingerprint density at radius 3 is 3.04 bits per heavy atom. The van der Waals surface area contributed by atoms with Gasteiger partial charge in [0.25, 0.3) is 0 Å². The highest BCUT2D eigenvalue weighted by molar-refractivity contribution is 7.80. The van der Waals surface area contributed by atoms with Crippen molar-refractivity contribution >= 4 is 35.1 Å². The van der Waals surface area contributed by atoms with Crippen molar-refractivity contribution in [2.24, 2.45) is 5.10 Å². The summed E-state index contributed by atoms with van der Waals surface area (Å²) < 4.78 is 16.5. The quantitative estimate of drug-likeness (QED) is 0.490. The molecule has 124 valence electrons. The molecule has 0 aromatic heterocycles. The molecule has 1 saturated heterocycles. The Morgan fingerprint density at radius 1 is 1.35 bits per heavy atom. The number of hydrogen-bond donors (Lipinski definition) is 2. The minimum Gasteiger partial charge on any atom is -0.486 e. The Kier molecular flexibility index (Phi) is 5.53. The zero-order valence-electron chi connectivity index (χ0n) is 12.5. The summed E-state index contributed by atoms with van der Waals surface area (Å²) in [6, 6.07) is 3.59. The SMILES string of the molecule is S=C(NC[C@@H]1CCCO1)N/N=C\c1cc(Cl)c2c(c1)OCCO2. The first-order valence-electron chi connectivity index (χ1n) is 7.50. The molecule has 2 aliphatic heterocycles. The smallest absolute Gasteiger partial charge is 0.187 e. The van der Waals surface area contributed by atoms with Crippen molar-refractivity contribution in [2.45, 2.75) is 18.9 Å². The molecule has 2 heterocycles. The number of halogens is 1. The maximum absolute atomic E-state index is 6.17. The number of benzene rings is 1. The first-order valence-corrected chi connectivity index (χ1v) is 8.28. The lowest BCUT2D eigenvalue weighted by atomic mass is 10.2. The number of hydrazone groups is 1. The van der Waals surface area contributed by atoms with Crippen LogP contribution in [0.3, 0.4) is 0 Å². The fourth-order valence-corrected chi connectivity index (χ4v) is 2.83. The first-order chi connectivity index (χ1) is 11.2. The molecule has 23 heavy (non-hydrogen) atoms. The van der Waals surface area contributed by atoms with Crippen LogP contribution >= 0.6 is 23.8 Å². The third kappa shape index (κ3) is 4.46. The van der Waals surface area contributed by atoms with Crippen molar-refractivity contribution in [1.29, 1.82) is 0 Å². The van der Waals surface area contributed by atoms with E-state index in [0.29, 0.717) is 41.4 Å². The van der Waals surface area contributed by atoms with Gasteiger partial charge in [0.2, 0.25) is 0 Å². The Labute approximate surface area is 145 Å². The van der Waals surface area contributed by atoms with Gasteiger partial charge in [0.15, 0.2) is 16.6 Å². The van der Waals surface area contributed by atoms with Crippen LogP contribution < -0.4 is 20.2 Å². The van der Waals surface area contributed by atoms with E-state index in [1.54, 1.807) is 12.3 Å². The van der Waals surface area contributed by atoms with Crippen molar-refractivity contribution in [3.8, 4) is 11.5 Å². The van der Waals surface area contributed by atoms with Gasteiger partial charge in [-0.3, -0.25) is 5.43 Å². The van der Waals surface area contributed by atoms with Crippen LogP contribution in [0.2, 0.25) is 5.02 Å². The molecule has 0 spiro atoms. The first kappa shape index (κ1) is 16.3. The van der Waals surface area contributed by atoms with Gasteiger partial charge in [0.05, 0.1) is 17.3 Å². The molecule has 0 amide bonds. The largest absolute Gasteiger partial charge is 0.486 e. The second-order valence-corrected chi connectivity index (χ2v) is 6.06. The van der Waals surface area contributed by atoms with E-state index in [1.807, 2.05) is 6.07 Å². The van der Waals surface area contributed by atoms with Crippen LogP contribution in [0.5, 0.6) is 11.5 Å². The van der Waals surface area contributed by atoms with Crippen LogP contribution in [0.25, 0.3) is 0 Å². The topological polar surface area (TPSA) is 64.1 Å². The van der Waals surface area contributed by atoms with Gasteiger partial charge in [-0.15, -0.1) is 0 Å². The van der Waals surface area contributed by atoms with E-state index in [9.17, 15) is 0 Å². The van der Waals surface area contributed by atoms with Crippen molar-refractivity contribution in [3.05, 3.63) is 22.7 Å². The molecule has 0 radical (unpaired) electrons. The van der Waals surface area contributed by atoms with Crippen LogP contribution in [0.15, 0.2) is 17.2 Å². The fourth-order valence-electron chi connectivity index (χ4n) is 2.42. The van der Waals surface area contributed by atoms with Crippen molar-refractivity contribution in [3.63, 3.8) is 0 Å². The number of fused-ring (bicyclic) bond motifs is 1. The van der Waals surface area contributed by atoms with Crippen molar-refractivity contribution in [1.82, 2.24) is 10.7 Å². The zero-order chi connectivity index (χ0) is 16.1. The average Bonchev–Trinajstić information content (AvgIpc) is 3.06. The number of rotatable bonds is 4. The van der Waals surface area contributed by atoms with Crippen LogP contribution in [0.1, 0.15) is 18.4 Å². The molecule has 0 bridgehead atoms. The predicted octanol–water partition coefficient (Wildman–Crippen LogP) is 2.09. The van der Waals surface area contributed by atoms with Crippen LogP contribution in [-0.4, -0.2) is 43.8 Å². The Bertz CT molecular complexity index is 606. The van der Waals surface area contributed by atoms with Crippen molar-refractivity contribution in [2.75, 3.05) is 26.4 Å². The summed E-state index contributed by atoms with van der Waals surface area (Å²) in [5.41, 5.74) is 3.57. The highest BCUT2D eigenvalue weighted by Crippen LogP contribution is 2.37. The second kappa shape index (κ2) is 7.81. The molecule has 2 N–H and O–H groups in total. The van der Waals surface area contributed by atoms with E-state index in [0.717, 1.165) is 25.0 Å². The fraction of sp³-hybridized carbons (Fsp3) is 0.467. The minimum atomic E-state index is 0.232. The van der Waals surface area contributed by atoms with Gasteiger partial charge in [-0.2, -0.15) is 5.10 Å². The third-order valence-corrected chi connectivity index (χ3v) is 4.03. The molecule has 0 unspecified atom stereocenters. The molecule has 0 aliphatic carbocycles.